The molecule has 0 aliphatic carbocycles. The highest BCUT2D eigenvalue weighted by molar-refractivity contribution is 6.18. The Morgan fingerprint density at radius 1 is 0.300 bits per heavy atom. The van der Waals surface area contributed by atoms with Crippen molar-refractivity contribution in [3.8, 4) is 0 Å². The number of hydrogen-bond acceptors (Lipinski definition) is 4. The zero-order valence-electron chi connectivity index (χ0n) is 34.7. The third-order valence-corrected chi connectivity index (χ3v) is 12.5. The topological polar surface area (TPSA) is 32.8 Å². The maximum absolute atomic E-state index is 6.64. The largest absolute Gasteiger partial charge is 0.456 e. The van der Waals surface area contributed by atoms with E-state index in [1.807, 2.05) is 0 Å². The number of benzene rings is 9. The molecule has 11 aromatic rings. The molecule has 4 nitrogen and oxygen atoms in total. The molecule has 60 heavy (non-hydrogen) atoms. The van der Waals surface area contributed by atoms with Crippen molar-refractivity contribution in [3.63, 3.8) is 0 Å². The normalized spacial score (nSPS) is 11.8. The summed E-state index contributed by atoms with van der Waals surface area (Å²) in [6.45, 7) is 13.1. The van der Waals surface area contributed by atoms with Gasteiger partial charge in [0.2, 0.25) is 0 Å². The Balaban J connectivity index is 1.02. The van der Waals surface area contributed by atoms with Crippen molar-refractivity contribution in [2.24, 2.45) is 0 Å². The maximum atomic E-state index is 6.64. The summed E-state index contributed by atoms with van der Waals surface area (Å²) < 4.78 is 13.3. The van der Waals surface area contributed by atoms with Gasteiger partial charge in [0, 0.05) is 50.4 Å². The van der Waals surface area contributed by atoms with Gasteiger partial charge in [-0.2, -0.15) is 0 Å². The second kappa shape index (κ2) is 13.6. The molecule has 0 unspecified atom stereocenters. The fourth-order valence-corrected chi connectivity index (χ4v) is 9.51. The molecule has 2 heterocycles. The molecule has 0 aliphatic rings. The monoisotopic (exact) mass is 776 g/mol. The molecule has 0 amide bonds. The zero-order valence-corrected chi connectivity index (χ0v) is 34.7. The van der Waals surface area contributed by atoms with E-state index in [0.29, 0.717) is 0 Å². The van der Waals surface area contributed by atoms with Gasteiger partial charge in [-0.05, 0) is 163 Å². The summed E-state index contributed by atoms with van der Waals surface area (Å²) >= 11 is 0. The first-order valence-electron chi connectivity index (χ1n) is 20.7. The van der Waals surface area contributed by atoms with Gasteiger partial charge in [-0.15, -0.1) is 0 Å². The Bertz CT molecular complexity index is 3260. The number of para-hydroxylation sites is 4. The molecule has 0 aliphatic heterocycles. The van der Waals surface area contributed by atoms with Crippen LogP contribution < -0.4 is 9.80 Å². The van der Waals surface area contributed by atoms with Gasteiger partial charge in [0.25, 0.3) is 0 Å². The second-order valence-corrected chi connectivity index (χ2v) is 16.5. The average Bonchev–Trinajstić information content (AvgIpc) is 3.77. The predicted molar refractivity (Wildman–Crippen MR) is 254 cm³/mol. The summed E-state index contributed by atoms with van der Waals surface area (Å²) in [7, 11) is 0. The SMILES string of the molecule is Cc1ccccc1N(c1ccc2cc3c(cc2c1)oc1cc2oc4cc5cc(N(c6ccccc6C)c6c(C)cccc6C)ccc5cc4c2cc13)c1c(C)cccc1C. The van der Waals surface area contributed by atoms with E-state index < -0.39 is 0 Å². The minimum absolute atomic E-state index is 0.818. The molecule has 290 valence electrons. The third-order valence-electron chi connectivity index (χ3n) is 12.5. The van der Waals surface area contributed by atoms with Crippen molar-refractivity contribution in [2.75, 3.05) is 9.80 Å². The van der Waals surface area contributed by atoms with Crippen LogP contribution in [0.15, 0.2) is 167 Å². The molecule has 2 aromatic heterocycles. The van der Waals surface area contributed by atoms with Crippen LogP contribution in [0.1, 0.15) is 33.4 Å². The van der Waals surface area contributed by atoms with E-state index in [4.69, 9.17) is 8.83 Å². The minimum Gasteiger partial charge on any atom is -0.456 e. The standard InChI is InChI=1S/C56H44N2O2/c1-33-13-7-9-19-49(33)57(55-35(3)15-11-16-36(55)4)43-23-21-39-27-45-47-31-48-46-28-40-22-24-44(58(50-20-10-8-14-34(50)2)56-37(5)17-12-18-38(56)6)26-42(40)30-52(46)60-54(48)32-53(47)59-51(45)29-41(39)25-43/h7-32H,1-6H3. The van der Waals surface area contributed by atoms with Crippen molar-refractivity contribution in [2.45, 2.75) is 41.5 Å². The number of nitrogens with zero attached hydrogens (tertiary/aromatic N) is 2. The summed E-state index contributed by atoms with van der Waals surface area (Å²) in [5.41, 5.74) is 17.7. The molecule has 0 bridgehead atoms. The number of furan rings is 2. The Labute approximate surface area is 349 Å². The first-order valence-corrected chi connectivity index (χ1v) is 20.7. The van der Waals surface area contributed by atoms with Gasteiger partial charge in [0.15, 0.2) is 0 Å². The number of aryl methyl sites for hydroxylation is 6. The van der Waals surface area contributed by atoms with Crippen LogP contribution in [-0.4, -0.2) is 0 Å². The zero-order chi connectivity index (χ0) is 40.8. The molecule has 0 radical (unpaired) electrons. The van der Waals surface area contributed by atoms with Crippen LogP contribution >= 0.6 is 0 Å². The van der Waals surface area contributed by atoms with Crippen LogP contribution in [0, 0.1) is 41.5 Å². The van der Waals surface area contributed by atoms with E-state index in [2.05, 4.69) is 209 Å². The summed E-state index contributed by atoms with van der Waals surface area (Å²) in [5.74, 6) is 0. The van der Waals surface area contributed by atoms with Gasteiger partial charge in [-0.1, -0.05) is 84.9 Å². The van der Waals surface area contributed by atoms with E-state index in [9.17, 15) is 0 Å². The number of anilines is 6. The van der Waals surface area contributed by atoms with Crippen LogP contribution in [0.3, 0.4) is 0 Å². The number of hydrogen-bond donors (Lipinski definition) is 0. The highest BCUT2D eigenvalue weighted by Crippen LogP contribution is 2.45. The first kappa shape index (κ1) is 35.8. The third kappa shape index (κ3) is 5.66. The molecule has 0 N–H and O–H groups in total. The molecular weight excluding hydrogens is 733 g/mol. The summed E-state index contributed by atoms with van der Waals surface area (Å²) in [6, 6.07) is 57.1. The van der Waals surface area contributed by atoms with Gasteiger partial charge < -0.3 is 18.6 Å². The van der Waals surface area contributed by atoms with Crippen molar-refractivity contribution >= 4 is 99.5 Å². The molecule has 4 heteroatoms. The Morgan fingerprint density at radius 2 is 0.667 bits per heavy atom. The number of fused-ring (bicyclic) bond motifs is 8. The maximum Gasteiger partial charge on any atom is 0.139 e. The Hall–Kier alpha value is -7.30. The fraction of sp³-hybridized carbons (Fsp3) is 0.107. The van der Waals surface area contributed by atoms with Crippen molar-refractivity contribution in [1.82, 2.24) is 0 Å². The van der Waals surface area contributed by atoms with E-state index >= 15 is 0 Å². The minimum atomic E-state index is 0.818. The average molecular weight is 777 g/mol. The van der Waals surface area contributed by atoms with E-state index in [1.54, 1.807) is 0 Å². The molecule has 0 fully saturated rings. The highest BCUT2D eigenvalue weighted by atomic mass is 16.3. The molecule has 11 rings (SSSR count). The van der Waals surface area contributed by atoms with Gasteiger partial charge in [-0.25, -0.2) is 0 Å². The van der Waals surface area contributed by atoms with E-state index in [1.165, 1.54) is 66.9 Å². The van der Waals surface area contributed by atoms with Crippen LogP contribution in [0.25, 0.3) is 65.4 Å². The fourth-order valence-electron chi connectivity index (χ4n) is 9.51. The molecule has 0 saturated carbocycles. The highest BCUT2D eigenvalue weighted by Gasteiger charge is 2.22. The van der Waals surface area contributed by atoms with Gasteiger partial charge in [0.1, 0.15) is 22.3 Å². The summed E-state index contributed by atoms with van der Waals surface area (Å²) in [6.07, 6.45) is 0. The lowest BCUT2D eigenvalue weighted by Crippen LogP contribution is -2.14. The van der Waals surface area contributed by atoms with Crippen LogP contribution in [0.4, 0.5) is 34.1 Å². The first-order chi connectivity index (χ1) is 29.2. The summed E-state index contributed by atoms with van der Waals surface area (Å²) in [4.78, 5) is 4.80. The van der Waals surface area contributed by atoms with Crippen LogP contribution in [0.2, 0.25) is 0 Å². The van der Waals surface area contributed by atoms with Gasteiger partial charge in [0.05, 0.1) is 11.4 Å². The lowest BCUT2D eigenvalue weighted by Gasteiger charge is -2.30. The summed E-state index contributed by atoms with van der Waals surface area (Å²) in [5, 5.41) is 8.95. The van der Waals surface area contributed by atoms with Gasteiger partial charge in [-0.3, -0.25) is 0 Å². The molecule has 0 saturated heterocycles. The van der Waals surface area contributed by atoms with Crippen molar-refractivity contribution < 1.29 is 8.83 Å². The van der Waals surface area contributed by atoms with E-state index in [-0.39, 0.29) is 0 Å². The molecule has 0 spiro atoms. The van der Waals surface area contributed by atoms with Crippen LogP contribution in [0.5, 0.6) is 0 Å². The lowest BCUT2D eigenvalue weighted by molar-refractivity contribution is 0.656. The molecule has 9 aromatic carbocycles. The Kier molecular flexibility index (Phi) is 8.15. The molecule has 0 atom stereocenters. The van der Waals surface area contributed by atoms with Crippen molar-refractivity contribution in [3.05, 3.63) is 191 Å². The number of rotatable bonds is 6. The van der Waals surface area contributed by atoms with Crippen LogP contribution in [-0.2, 0) is 0 Å². The lowest BCUT2D eigenvalue weighted by atomic mass is 10.0. The Morgan fingerprint density at radius 3 is 1.08 bits per heavy atom. The van der Waals surface area contributed by atoms with Crippen molar-refractivity contribution in [1.29, 1.82) is 0 Å². The second-order valence-electron chi connectivity index (χ2n) is 16.5. The quantitative estimate of drug-likeness (QED) is 0.168. The smallest absolute Gasteiger partial charge is 0.139 e. The predicted octanol–water partition coefficient (Wildman–Crippen LogP) is 16.6. The van der Waals surface area contributed by atoms with Gasteiger partial charge >= 0.3 is 0 Å². The van der Waals surface area contributed by atoms with E-state index in [0.717, 1.165) is 66.0 Å². The molecular formula is C56H44N2O2.